The number of aromatic amines is 1. The van der Waals surface area contributed by atoms with E-state index in [4.69, 9.17) is 0 Å². The molecule has 2 aromatic rings. The molecule has 2 heterocycles. The third kappa shape index (κ3) is 4.90. The molecule has 3 rings (SSSR count). The molecular formula is C18H24N4O3S2. The normalized spacial score (nSPS) is 16.8. The maximum atomic E-state index is 12.5. The lowest BCUT2D eigenvalue weighted by Crippen LogP contribution is -2.48. The number of fused-ring (bicyclic) bond motifs is 3. The van der Waals surface area contributed by atoms with Crippen molar-refractivity contribution in [3.63, 3.8) is 0 Å². The van der Waals surface area contributed by atoms with E-state index in [9.17, 15) is 14.4 Å². The van der Waals surface area contributed by atoms with Gasteiger partial charge in [-0.25, -0.2) is 9.78 Å². The smallest absolute Gasteiger partial charge is 0.321 e. The molecule has 1 atom stereocenters. The lowest BCUT2D eigenvalue weighted by atomic mass is 9.89. The summed E-state index contributed by atoms with van der Waals surface area (Å²) in [6, 6.07) is -0.537. The molecule has 0 aliphatic heterocycles. The van der Waals surface area contributed by atoms with E-state index in [1.807, 2.05) is 20.8 Å². The highest BCUT2D eigenvalue weighted by Gasteiger charge is 2.23. The number of thioether (sulfide) groups is 1. The van der Waals surface area contributed by atoms with Gasteiger partial charge in [-0.1, -0.05) is 18.7 Å². The van der Waals surface area contributed by atoms with Crippen molar-refractivity contribution in [2.45, 2.75) is 57.7 Å². The molecule has 1 aliphatic rings. The maximum absolute atomic E-state index is 12.5. The zero-order chi connectivity index (χ0) is 19.8. The second kappa shape index (κ2) is 7.63. The summed E-state index contributed by atoms with van der Waals surface area (Å²) in [5.41, 5.74) is 0.556. The highest BCUT2D eigenvalue weighted by molar-refractivity contribution is 7.99. The molecule has 7 nitrogen and oxygen atoms in total. The predicted molar refractivity (Wildman–Crippen MR) is 109 cm³/mol. The topological polar surface area (TPSA) is 104 Å². The molecule has 0 unspecified atom stereocenters. The number of thiophene rings is 1. The highest BCUT2D eigenvalue weighted by Crippen LogP contribution is 2.36. The van der Waals surface area contributed by atoms with Crippen LogP contribution in [-0.4, -0.2) is 33.2 Å². The van der Waals surface area contributed by atoms with Crippen molar-refractivity contribution in [3.8, 4) is 0 Å². The van der Waals surface area contributed by atoms with Gasteiger partial charge in [-0.3, -0.25) is 14.9 Å². The van der Waals surface area contributed by atoms with Crippen LogP contribution in [0.25, 0.3) is 10.2 Å². The quantitative estimate of drug-likeness (QED) is 0.535. The molecule has 2 aromatic heterocycles. The van der Waals surface area contributed by atoms with E-state index in [0.29, 0.717) is 16.5 Å². The Bertz CT molecular complexity index is 942. The molecule has 3 amide bonds. The Kier molecular flexibility index (Phi) is 5.62. The van der Waals surface area contributed by atoms with E-state index in [1.165, 1.54) is 4.88 Å². The van der Waals surface area contributed by atoms with Gasteiger partial charge in [0.1, 0.15) is 4.83 Å². The van der Waals surface area contributed by atoms with Gasteiger partial charge >= 0.3 is 6.03 Å². The van der Waals surface area contributed by atoms with E-state index in [0.717, 1.165) is 41.4 Å². The SMILES string of the molecule is C[C@@H]1CCc2c(sc3nc(SCC(=O)NC(=O)NC(C)(C)C)[nH]c(=O)c23)C1. The van der Waals surface area contributed by atoms with Crippen LogP contribution in [0.4, 0.5) is 4.79 Å². The second-order valence-corrected chi connectivity index (χ2v) is 9.99. The van der Waals surface area contributed by atoms with E-state index in [2.05, 4.69) is 27.5 Å². The zero-order valence-corrected chi connectivity index (χ0v) is 17.5. The Morgan fingerprint density at radius 1 is 1.37 bits per heavy atom. The van der Waals surface area contributed by atoms with Crippen LogP contribution in [0.5, 0.6) is 0 Å². The Hall–Kier alpha value is -1.87. The number of hydrogen-bond acceptors (Lipinski definition) is 6. The third-order valence-corrected chi connectivity index (χ3v) is 6.25. The van der Waals surface area contributed by atoms with Crippen LogP contribution in [0.1, 0.15) is 44.6 Å². The summed E-state index contributed by atoms with van der Waals surface area (Å²) < 4.78 is 0. The molecule has 0 fully saturated rings. The van der Waals surface area contributed by atoms with Crippen LogP contribution < -0.4 is 16.2 Å². The van der Waals surface area contributed by atoms with Gasteiger partial charge in [0.05, 0.1) is 11.1 Å². The summed E-state index contributed by atoms with van der Waals surface area (Å²) in [5, 5.41) is 6.03. The summed E-state index contributed by atoms with van der Waals surface area (Å²) in [6.07, 6.45) is 2.99. The van der Waals surface area contributed by atoms with Crippen molar-refractivity contribution in [2.75, 3.05) is 5.75 Å². The van der Waals surface area contributed by atoms with Gasteiger partial charge in [-0.15, -0.1) is 11.3 Å². The van der Waals surface area contributed by atoms with E-state index in [-0.39, 0.29) is 11.3 Å². The van der Waals surface area contributed by atoms with Gasteiger partial charge in [-0.2, -0.15) is 0 Å². The number of imide groups is 1. The number of carbonyl (C=O) groups excluding carboxylic acids is 2. The zero-order valence-electron chi connectivity index (χ0n) is 15.9. The minimum absolute atomic E-state index is 0.00582. The lowest BCUT2D eigenvalue weighted by molar-refractivity contribution is -0.117. The second-order valence-electron chi connectivity index (χ2n) is 7.94. The molecule has 0 saturated carbocycles. The first-order chi connectivity index (χ1) is 12.6. The molecule has 0 radical (unpaired) electrons. The number of nitrogens with one attached hydrogen (secondary N) is 3. The Labute approximate surface area is 165 Å². The lowest BCUT2D eigenvalue weighted by Gasteiger charge is -2.20. The first-order valence-corrected chi connectivity index (χ1v) is 10.7. The van der Waals surface area contributed by atoms with E-state index < -0.39 is 17.5 Å². The molecule has 1 aliphatic carbocycles. The molecule has 0 spiro atoms. The van der Waals surface area contributed by atoms with Crippen LogP contribution in [0.15, 0.2) is 9.95 Å². The van der Waals surface area contributed by atoms with Crippen molar-refractivity contribution in [1.82, 2.24) is 20.6 Å². The number of urea groups is 1. The fourth-order valence-corrected chi connectivity index (χ4v) is 5.17. The number of H-pyrrole nitrogens is 1. The van der Waals surface area contributed by atoms with Gasteiger partial charge in [0, 0.05) is 10.4 Å². The predicted octanol–water partition coefficient (Wildman–Crippen LogP) is 2.83. The van der Waals surface area contributed by atoms with Crippen molar-refractivity contribution in [1.29, 1.82) is 0 Å². The monoisotopic (exact) mass is 408 g/mol. The summed E-state index contributed by atoms with van der Waals surface area (Å²) in [6.45, 7) is 7.71. The summed E-state index contributed by atoms with van der Waals surface area (Å²) in [4.78, 5) is 45.5. The third-order valence-electron chi connectivity index (χ3n) is 4.23. The molecule has 3 N–H and O–H groups in total. The molecule has 27 heavy (non-hydrogen) atoms. The number of amides is 3. The minimum Gasteiger partial charge on any atom is -0.333 e. The summed E-state index contributed by atoms with van der Waals surface area (Å²) >= 11 is 2.69. The van der Waals surface area contributed by atoms with Crippen molar-refractivity contribution >= 4 is 45.3 Å². The number of hydrogen-bond donors (Lipinski definition) is 3. The molecule has 0 saturated heterocycles. The van der Waals surface area contributed by atoms with Gasteiger partial charge in [0.15, 0.2) is 5.16 Å². The summed E-state index contributed by atoms with van der Waals surface area (Å²) in [5.74, 6) is 0.180. The average molecular weight is 409 g/mol. The number of nitrogens with zero attached hydrogens (tertiary/aromatic N) is 1. The Morgan fingerprint density at radius 3 is 2.81 bits per heavy atom. The first-order valence-electron chi connectivity index (χ1n) is 8.92. The average Bonchev–Trinajstić information content (AvgIpc) is 2.88. The van der Waals surface area contributed by atoms with Crippen molar-refractivity contribution in [2.24, 2.45) is 5.92 Å². The van der Waals surface area contributed by atoms with Crippen LogP contribution in [0.3, 0.4) is 0 Å². The largest absolute Gasteiger partial charge is 0.333 e. The molecule has 0 aromatic carbocycles. The minimum atomic E-state index is -0.537. The Balaban J connectivity index is 1.68. The molecule has 9 heteroatoms. The van der Waals surface area contributed by atoms with Crippen LogP contribution in [0.2, 0.25) is 0 Å². The van der Waals surface area contributed by atoms with Crippen molar-refractivity contribution < 1.29 is 9.59 Å². The number of carbonyl (C=O) groups is 2. The number of aryl methyl sites for hydroxylation is 1. The van der Waals surface area contributed by atoms with E-state index in [1.54, 1.807) is 11.3 Å². The van der Waals surface area contributed by atoms with Crippen LogP contribution in [-0.2, 0) is 17.6 Å². The van der Waals surface area contributed by atoms with E-state index >= 15 is 0 Å². The van der Waals surface area contributed by atoms with Gasteiger partial charge in [-0.05, 0) is 51.5 Å². The van der Waals surface area contributed by atoms with Gasteiger partial charge < -0.3 is 10.3 Å². The number of rotatable bonds is 3. The maximum Gasteiger partial charge on any atom is 0.321 e. The Morgan fingerprint density at radius 2 is 2.11 bits per heavy atom. The van der Waals surface area contributed by atoms with Crippen LogP contribution in [0, 0.1) is 5.92 Å². The van der Waals surface area contributed by atoms with Crippen LogP contribution >= 0.6 is 23.1 Å². The van der Waals surface area contributed by atoms with Crippen molar-refractivity contribution in [3.05, 3.63) is 20.8 Å². The fourth-order valence-electron chi connectivity index (χ4n) is 3.07. The van der Waals surface area contributed by atoms with Gasteiger partial charge in [0.2, 0.25) is 5.91 Å². The fraction of sp³-hybridized carbons (Fsp3) is 0.556. The summed E-state index contributed by atoms with van der Waals surface area (Å²) in [7, 11) is 0. The first kappa shape index (κ1) is 19.9. The molecule has 0 bridgehead atoms. The highest BCUT2D eigenvalue weighted by atomic mass is 32.2. The number of aromatic nitrogens is 2. The van der Waals surface area contributed by atoms with Gasteiger partial charge in [0.25, 0.3) is 5.56 Å². The molecular weight excluding hydrogens is 384 g/mol. The molecule has 146 valence electrons. The standard InChI is InChI=1S/C18H24N4O3S2/c1-9-5-6-10-11(7-9)27-15-13(10)14(24)20-17(21-15)26-8-12(23)19-16(25)22-18(2,3)4/h9H,5-8H2,1-4H3,(H,20,21,24)(H2,19,22,23,25)/t9-/m1/s1.